The maximum Gasteiger partial charge on any atom is 0.257 e. The van der Waals surface area contributed by atoms with E-state index in [1.807, 2.05) is 6.07 Å². The van der Waals surface area contributed by atoms with E-state index in [-0.39, 0.29) is 5.91 Å². The second-order valence-corrected chi connectivity index (χ2v) is 8.75. The minimum absolute atomic E-state index is 0.242. The molecule has 0 atom stereocenters. The molecule has 28 heavy (non-hydrogen) atoms. The number of thiazole rings is 1. The van der Waals surface area contributed by atoms with Gasteiger partial charge < -0.3 is 4.74 Å². The SMILES string of the molecule is CCCc1sc(NC(=O)c2ccc(OC)c(Br)c2)nc1-c1ccc(Cl)cc1Cl. The van der Waals surface area contributed by atoms with Crippen LogP contribution in [-0.4, -0.2) is 18.0 Å². The number of hydrogen-bond donors (Lipinski definition) is 1. The Hall–Kier alpha value is -1.60. The summed E-state index contributed by atoms with van der Waals surface area (Å²) in [6, 6.07) is 10.5. The third kappa shape index (κ3) is 4.69. The largest absolute Gasteiger partial charge is 0.496 e. The number of aromatic nitrogens is 1. The van der Waals surface area contributed by atoms with E-state index in [1.165, 1.54) is 11.3 Å². The van der Waals surface area contributed by atoms with Gasteiger partial charge in [-0.15, -0.1) is 11.3 Å². The van der Waals surface area contributed by atoms with Crippen LogP contribution < -0.4 is 10.1 Å². The van der Waals surface area contributed by atoms with Crippen LogP contribution in [0.2, 0.25) is 10.0 Å². The van der Waals surface area contributed by atoms with Crippen molar-refractivity contribution in [3.8, 4) is 17.0 Å². The Morgan fingerprint density at radius 2 is 2.04 bits per heavy atom. The lowest BCUT2D eigenvalue weighted by atomic mass is 10.1. The molecule has 4 nitrogen and oxygen atoms in total. The van der Waals surface area contributed by atoms with Crippen LogP contribution in [0.1, 0.15) is 28.6 Å². The average Bonchev–Trinajstić information content (AvgIpc) is 3.04. The predicted molar refractivity (Wildman–Crippen MR) is 120 cm³/mol. The Labute approximate surface area is 186 Å². The molecule has 0 aliphatic carbocycles. The number of carbonyl (C=O) groups is 1. The number of methoxy groups -OCH3 is 1. The van der Waals surface area contributed by atoms with Gasteiger partial charge in [0.1, 0.15) is 5.75 Å². The second-order valence-electron chi connectivity index (χ2n) is 5.97. The molecule has 1 N–H and O–H groups in total. The smallest absolute Gasteiger partial charge is 0.257 e. The molecule has 0 saturated heterocycles. The van der Waals surface area contributed by atoms with Crippen molar-refractivity contribution in [1.29, 1.82) is 0 Å². The fourth-order valence-corrected chi connectivity index (χ4v) is 4.78. The Bertz CT molecular complexity index is 1020. The van der Waals surface area contributed by atoms with Gasteiger partial charge in [-0.05, 0) is 58.7 Å². The van der Waals surface area contributed by atoms with Gasteiger partial charge in [-0.25, -0.2) is 4.98 Å². The van der Waals surface area contributed by atoms with Crippen LogP contribution in [0.15, 0.2) is 40.9 Å². The Kier molecular flexibility index (Phi) is 6.99. The molecule has 3 rings (SSSR count). The molecular formula is C20H17BrCl2N2O2S. The summed E-state index contributed by atoms with van der Waals surface area (Å²) in [7, 11) is 1.58. The molecule has 1 aromatic heterocycles. The van der Waals surface area contributed by atoms with Crippen molar-refractivity contribution in [2.75, 3.05) is 12.4 Å². The Balaban J connectivity index is 1.90. The minimum atomic E-state index is -0.242. The van der Waals surface area contributed by atoms with Crippen LogP contribution in [-0.2, 0) is 6.42 Å². The average molecular weight is 500 g/mol. The van der Waals surface area contributed by atoms with Crippen molar-refractivity contribution in [2.45, 2.75) is 19.8 Å². The Morgan fingerprint density at radius 1 is 1.25 bits per heavy atom. The van der Waals surface area contributed by atoms with Gasteiger partial charge in [-0.1, -0.05) is 36.5 Å². The third-order valence-electron chi connectivity index (χ3n) is 4.00. The number of benzene rings is 2. The van der Waals surface area contributed by atoms with Crippen LogP contribution in [0.3, 0.4) is 0 Å². The standard InChI is InChI=1S/C20H17BrCl2N2O2S/c1-3-4-17-18(13-7-6-12(22)10-15(13)23)24-20(28-17)25-19(26)11-5-8-16(27-2)14(21)9-11/h5-10H,3-4H2,1-2H3,(H,24,25,26). The van der Waals surface area contributed by atoms with E-state index < -0.39 is 0 Å². The van der Waals surface area contributed by atoms with E-state index in [9.17, 15) is 4.79 Å². The summed E-state index contributed by atoms with van der Waals surface area (Å²) in [5.41, 5.74) is 2.09. The van der Waals surface area contributed by atoms with E-state index in [0.29, 0.717) is 31.0 Å². The van der Waals surface area contributed by atoms with Gasteiger partial charge >= 0.3 is 0 Å². The lowest BCUT2D eigenvalue weighted by Crippen LogP contribution is -2.11. The number of anilines is 1. The number of rotatable bonds is 6. The monoisotopic (exact) mass is 498 g/mol. The molecule has 0 unspecified atom stereocenters. The quantitative estimate of drug-likeness (QED) is 0.393. The summed E-state index contributed by atoms with van der Waals surface area (Å²) in [6.07, 6.45) is 1.80. The zero-order valence-electron chi connectivity index (χ0n) is 15.2. The number of ether oxygens (including phenoxy) is 1. The summed E-state index contributed by atoms with van der Waals surface area (Å²) in [5, 5.41) is 4.51. The van der Waals surface area contributed by atoms with Crippen LogP contribution in [0.25, 0.3) is 11.3 Å². The molecule has 0 radical (unpaired) electrons. The highest BCUT2D eigenvalue weighted by molar-refractivity contribution is 9.10. The molecule has 1 heterocycles. The third-order valence-corrected chi connectivity index (χ3v) is 6.19. The van der Waals surface area contributed by atoms with Crippen LogP contribution >= 0.6 is 50.5 Å². The van der Waals surface area contributed by atoms with Gasteiger partial charge in [-0.2, -0.15) is 0 Å². The van der Waals surface area contributed by atoms with E-state index >= 15 is 0 Å². The van der Waals surface area contributed by atoms with E-state index in [2.05, 4.69) is 33.2 Å². The van der Waals surface area contributed by atoms with Crippen molar-refractivity contribution < 1.29 is 9.53 Å². The van der Waals surface area contributed by atoms with Gasteiger partial charge in [0.15, 0.2) is 5.13 Å². The number of aryl methyl sites for hydroxylation is 1. The first kappa shape index (κ1) is 21.1. The summed E-state index contributed by atoms with van der Waals surface area (Å²) >= 11 is 17.2. The molecule has 0 saturated carbocycles. The molecule has 0 spiro atoms. The highest BCUT2D eigenvalue weighted by Gasteiger charge is 2.18. The molecule has 0 aliphatic rings. The summed E-state index contributed by atoms with van der Waals surface area (Å²) in [6.45, 7) is 2.10. The topological polar surface area (TPSA) is 51.2 Å². The molecule has 146 valence electrons. The van der Waals surface area contributed by atoms with Crippen LogP contribution in [0, 0.1) is 0 Å². The zero-order valence-corrected chi connectivity index (χ0v) is 19.1. The molecule has 0 bridgehead atoms. The number of halogens is 3. The van der Waals surface area contributed by atoms with Crippen LogP contribution in [0.5, 0.6) is 5.75 Å². The Morgan fingerprint density at radius 3 is 2.68 bits per heavy atom. The van der Waals surface area contributed by atoms with Crippen molar-refractivity contribution in [1.82, 2.24) is 4.98 Å². The summed E-state index contributed by atoms with van der Waals surface area (Å²) < 4.78 is 5.91. The number of nitrogens with one attached hydrogen (secondary N) is 1. The molecule has 0 aliphatic heterocycles. The molecule has 2 aromatic carbocycles. The number of carbonyl (C=O) groups excluding carboxylic acids is 1. The van der Waals surface area contributed by atoms with Crippen molar-refractivity contribution in [3.63, 3.8) is 0 Å². The maximum atomic E-state index is 12.6. The van der Waals surface area contributed by atoms with E-state index in [1.54, 1.807) is 37.4 Å². The number of hydrogen-bond acceptors (Lipinski definition) is 4. The van der Waals surface area contributed by atoms with Gasteiger partial charge in [0.25, 0.3) is 5.91 Å². The summed E-state index contributed by atoms with van der Waals surface area (Å²) in [4.78, 5) is 18.3. The fourth-order valence-electron chi connectivity index (χ4n) is 2.67. The minimum Gasteiger partial charge on any atom is -0.496 e. The van der Waals surface area contributed by atoms with Crippen molar-refractivity contribution >= 4 is 61.5 Å². The molecule has 0 fully saturated rings. The molecule has 1 amide bonds. The number of amides is 1. The molecule has 3 aromatic rings. The maximum absolute atomic E-state index is 12.6. The lowest BCUT2D eigenvalue weighted by molar-refractivity contribution is 0.102. The first-order chi connectivity index (χ1) is 13.4. The van der Waals surface area contributed by atoms with Crippen molar-refractivity contribution in [3.05, 3.63) is 61.4 Å². The fraction of sp³-hybridized carbons (Fsp3) is 0.200. The van der Waals surface area contributed by atoms with Gasteiger partial charge in [0.05, 0.1) is 22.3 Å². The van der Waals surface area contributed by atoms with E-state index in [4.69, 9.17) is 27.9 Å². The second kappa shape index (κ2) is 9.27. The van der Waals surface area contributed by atoms with Gasteiger partial charge in [0, 0.05) is 21.0 Å². The van der Waals surface area contributed by atoms with Gasteiger partial charge in [-0.3, -0.25) is 10.1 Å². The summed E-state index contributed by atoms with van der Waals surface area (Å²) in [5.74, 6) is 0.421. The van der Waals surface area contributed by atoms with Gasteiger partial charge in [0.2, 0.25) is 0 Å². The first-order valence-electron chi connectivity index (χ1n) is 8.53. The molecule has 8 heteroatoms. The van der Waals surface area contributed by atoms with Crippen molar-refractivity contribution in [2.24, 2.45) is 0 Å². The predicted octanol–water partition coefficient (Wildman–Crippen LogP) is 7.09. The normalized spacial score (nSPS) is 10.8. The highest BCUT2D eigenvalue weighted by Crippen LogP contribution is 2.37. The molecular weight excluding hydrogens is 483 g/mol. The first-order valence-corrected chi connectivity index (χ1v) is 10.9. The highest BCUT2D eigenvalue weighted by atomic mass is 79.9. The van der Waals surface area contributed by atoms with E-state index in [0.717, 1.165) is 29.0 Å². The lowest BCUT2D eigenvalue weighted by Gasteiger charge is -2.06. The van der Waals surface area contributed by atoms with Crippen LogP contribution in [0.4, 0.5) is 5.13 Å². The number of nitrogens with zero attached hydrogens (tertiary/aromatic N) is 1. The zero-order chi connectivity index (χ0) is 20.3.